The summed E-state index contributed by atoms with van der Waals surface area (Å²) >= 11 is 0. The molecule has 0 spiro atoms. The van der Waals surface area contributed by atoms with Gasteiger partial charge in [0.05, 0.1) is 11.4 Å². The first-order chi connectivity index (χ1) is 15.7. The second kappa shape index (κ2) is 9.01. The van der Waals surface area contributed by atoms with Gasteiger partial charge in [-0.15, -0.1) is 0 Å². The highest BCUT2D eigenvalue weighted by Crippen LogP contribution is 2.31. The molecule has 2 aliphatic heterocycles. The molecule has 0 amide bonds. The van der Waals surface area contributed by atoms with E-state index < -0.39 is 0 Å². The molecule has 172 valence electrons. The summed E-state index contributed by atoms with van der Waals surface area (Å²) in [7, 11) is 0. The maximum absolute atomic E-state index is 4.60. The second-order valence-corrected chi connectivity index (χ2v) is 9.32. The van der Waals surface area contributed by atoms with Crippen molar-refractivity contribution in [2.24, 2.45) is 9.98 Å². The molecule has 0 aromatic carbocycles. The Labute approximate surface area is 198 Å². The smallest absolute Gasteiger partial charge is 0.0682 e. The fourth-order valence-corrected chi connectivity index (χ4v) is 4.85. The number of rotatable bonds is 6. The van der Waals surface area contributed by atoms with E-state index in [-0.39, 0.29) is 0 Å². The first-order valence-electron chi connectivity index (χ1n) is 12.0. The number of hydrogen-bond acceptors (Lipinski definition) is 2. The van der Waals surface area contributed by atoms with Crippen molar-refractivity contribution in [3.63, 3.8) is 0 Å². The third kappa shape index (κ3) is 4.15. The van der Waals surface area contributed by atoms with Gasteiger partial charge in [-0.2, -0.15) is 0 Å². The van der Waals surface area contributed by atoms with Crippen molar-refractivity contribution in [2.45, 2.75) is 74.7 Å². The number of allylic oxidation sites excluding steroid dienone is 4. The summed E-state index contributed by atoms with van der Waals surface area (Å²) in [4.78, 5) is 16.7. The van der Waals surface area contributed by atoms with Gasteiger partial charge in [-0.25, -0.2) is 0 Å². The van der Waals surface area contributed by atoms with Gasteiger partial charge < -0.3 is 9.97 Å². The summed E-state index contributed by atoms with van der Waals surface area (Å²) in [5.74, 6) is 0. The summed E-state index contributed by atoms with van der Waals surface area (Å²) in [6, 6.07) is 0. The van der Waals surface area contributed by atoms with Crippen molar-refractivity contribution < 1.29 is 0 Å². The molecule has 0 aliphatic carbocycles. The van der Waals surface area contributed by atoms with Crippen LogP contribution in [0.4, 0.5) is 0 Å². The first-order valence-corrected chi connectivity index (χ1v) is 12.0. The fourth-order valence-electron chi connectivity index (χ4n) is 4.85. The van der Waals surface area contributed by atoms with Gasteiger partial charge in [0.1, 0.15) is 0 Å². The molecule has 0 radical (unpaired) electrons. The number of aromatic nitrogens is 2. The minimum absolute atomic E-state index is 0.870. The molecule has 0 unspecified atom stereocenters. The van der Waals surface area contributed by atoms with E-state index in [1.165, 1.54) is 67.3 Å². The standard InChI is InChI=1S/C29H36N4/c1-9-22-20(7)26(11-24-18(5)16(3)14-30-24)32-28(22)13-29-23(10-2)21(8)27(33-29)12-25-19(6)17(4)15-31-25/h11-12,14-15,32-33H,9-10,13H2,1-8H3/b24-11-,25-12-. The van der Waals surface area contributed by atoms with Crippen molar-refractivity contribution in [1.82, 2.24) is 9.97 Å². The molecule has 0 saturated heterocycles. The van der Waals surface area contributed by atoms with Crippen LogP contribution in [0.5, 0.6) is 0 Å². The Kier molecular flexibility index (Phi) is 6.29. The number of H-pyrrole nitrogens is 2. The summed E-state index contributed by atoms with van der Waals surface area (Å²) < 4.78 is 0. The average Bonchev–Trinajstić information content (AvgIpc) is 3.47. The minimum atomic E-state index is 0.870. The molecule has 2 aromatic heterocycles. The van der Waals surface area contributed by atoms with Gasteiger partial charge >= 0.3 is 0 Å². The molecule has 0 atom stereocenters. The van der Waals surface area contributed by atoms with Crippen LogP contribution in [0.25, 0.3) is 12.2 Å². The predicted molar refractivity (Wildman–Crippen MR) is 142 cm³/mol. The van der Waals surface area contributed by atoms with Crippen molar-refractivity contribution in [3.05, 3.63) is 78.7 Å². The van der Waals surface area contributed by atoms with Crippen LogP contribution in [-0.4, -0.2) is 22.4 Å². The lowest BCUT2D eigenvalue weighted by Crippen LogP contribution is -1.97. The fraction of sp³-hybridized carbons (Fsp3) is 0.379. The van der Waals surface area contributed by atoms with Crippen molar-refractivity contribution in [2.75, 3.05) is 0 Å². The maximum atomic E-state index is 4.60. The lowest BCUT2D eigenvalue weighted by Gasteiger charge is -2.05. The highest BCUT2D eigenvalue weighted by Gasteiger charge is 2.19. The molecule has 33 heavy (non-hydrogen) atoms. The van der Waals surface area contributed by atoms with Crippen LogP contribution in [0.1, 0.15) is 86.6 Å². The van der Waals surface area contributed by atoms with Crippen LogP contribution in [0, 0.1) is 13.8 Å². The predicted octanol–water partition coefficient (Wildman–Crippen LogP) is 7.20. The lowest BCUT2D eigenvalue weighted by molar-refractivity contribution is 0.965. The van der Waals surface area contributed by atoms with Gasteiger partial charge in [0, 0.05) is 41.6 Å². The number of nitrogens with zero attached hydrogens (tertiary/aromatic N) is 2. The number of nitrogens with one attached hydrogen (secondary N) is 2. The normalized spacial score (nSPS) is 18.3. The zero-order valence-electron chi connectivity index (χ0n) is 21.3. The Morgan fingerprint density at radius 2 is 1.06 bits per heavy atom. The third-order valence-corrected chi connectivity index (χ3v) is 7.38. The highest BCUT2D eigenvalue weighted by molar-refractivity contribution is 5.88. The average molecular weight is 441 g/mol. The number of aromatic amines is 2. The van der Waals surface area contributed by atoms with E-state index in [9.17, 15) is 0 Å². The van der Waals surface area contributed by atoms with Gasteiger partial charge in [-0.05, 0) is 111 Å². The molecular weight excluding hydrogens is 404 g/mol. The minimum Gasteiger partial charge on any atom is -0.358 e. The SMILES string of the molecule is CCc1c(Cc2[nH]c(/C=C3\N=CC(C)=C3C)c(C)c2CC)[nH]c(/C=C2\N=CC(C)=C2C)c1C. The van der Waals surface area contributed by atoms with E-state index in [2.05, 4.69) is 87.5 Å². The number of hydrogen-bond donors (Lipinski definition) is 2. The first kappa shape index (κ1) is 23.0. The molecular formula is C29H36N4. The van der Waals surface area contributed by atoms with Crippen molar-refractivity contribution >= 4 is 24.6 Å². The monoisotopic (exact) mass is 440 g/mol. The van der Waals surface area contributed by atoms with Gasteiger partial charge in [0.2, 0.25) is 0 Å². The van der Waals surface area contributed by atoms with E-state index >= 15 is 0 Å². The van der Waals surface area contributed by atoms with E-state index in [1.807, 2.05) is 12.4 Å². The summed E-state index contributed by atoms with van der Waals surface area (Å²) in [6.07, 6.45) is 11.2. The molecule has 4 rings (SSSR count). The molecule has 0 fully saturated rings. The Morgan fingerprint density at radius 3 is 1.36 bits per heavy atom. The number of aliphatic imine (C=N–C) groups is 2. The summed E-state index contributed by atoms with van der Waals surface area (Å²) in [5.41, 5.74) is 17.5. The quantitative estimate of drug-likeness (QED) is 0.477. The lowest BCUT2D eigenvalue weighted by atomic mass is 10.0. The van der Waals surface area contributed by atoms with E-state index in [0.717, 1.165) is 30.7 Å². The largest absolute Gasteiger partial charge is 0.358 e. The topological polar surface area (TPSA) is 56.3 Å². The van der Waals surface area contributed by atoms with Crippen LogP contribution < -0.4 is 0 Å². The third-order valence-electron chi connectivity index (χ3n) is 7.38. The molecule has 2 N–H and O–H groups in total. The Bertz CT molecular complexity index is 1200. The molecule has 4 heteroatoms. The summed E-state index contributed by atoms with van der Waals surface area (Å²) in [6.45, 7) is 17.5. The van der Waals surface area contributed by atoms with Gasteiger partial charge in [-0.3, -0.25) is 9.98 Å². The Balaban J connectivity index is 1.71. The zero-order valence-corrected chi connectivity index (χ0v) is 21.3. The van der Waals surface area contributed by atoms with Crippen LogP contribution in [0.15, 0.2) is 43.7 Å². The van der Waals surface area contributed by atoms with Gasteiger partial charge in [0.15, 0.2) is 0 Å². The molecule has 4 nitrogen and oxygen atoms in total. The van der Waals surface area contributed by atoms with Crippen LogP contribution in [0.2, 0.25) is 0 Å². The van der Waals surface area contributed by atoms with E-state index in [1.54, 1.807) is 0 Å². The zero-order chi connectivity index (χ0) is 23.9. The highest BCUT2D eigenvalue weighted by atomic mass is 14.8. The van der Waals surface area contributed by atoms with E-state index in [0.29, 0.717) is 0 Å². The van der Waals surface area contributed by atoms with Crippen LogP contribution in [0.3, 0.4) is 0 Å². The van der Waals surface area contributed by atoms with Gasteiger partial charge in [-0.1, -0.05) is 13.8 Å². The van der Waals surface area contributed by atoms with Crippen LogP contribution >= 0.6 is 0 Å². The molecule has 2 aliphatic rings. The Hall–Kier alpha value is -3.14. The van der Waals surface area contributed by atoms with Crippen molar-refractivity contribution in [1.29, 1.82) is 0 Å². The van der Waals surface area contributed by atoms with Gasteiger partial charge in [0.25, 0.3) is 0 Å². The van der Waals surface area contributed by atoms with E-state index in [4.69, 9.17) is 0 Å². The molecule has 0 saturated carbocycles. The molecule has 4 heterocycles. The molecule has 0 bridgehead atoms. The summed E-state index contributed by atoms with van der Waals surface area (Å²) in [5, 5.41) is 0. The maximum Gasteiger partial charge on any atom is 0.0682 e. The van der Waals surface area contributed by atoms with Crippen LogP contribution in [-0.2, 0) is 19.3 Å². The molecule has 2 aromatic rings. The van der Waals surface area contributed by atoms with Crippen molar-refractivity contribution in [3.8, 4) is 0 Å². The second-order valence-electron chi connectivity index (χ2n) is 9.32. The Morgan fingerprint density at radius 1 is 0.667 bits per heavy atom.